The Bertz CT molecular complexity index is 527. The number of anilines is 1. The fourth-order valence-electron chi connectivity index (χ4n) is 1.85. The van der Waals surface area contributed by atoms with Crippen molar-refractivity contribution >= 4 is 17.5 Å². The van der Waals surface area contributed by atoms with Crippen LogP contribution >= 0.6 is 0 Å². The molecule has 0 heterocycles. The molecule has 1 rings (SSSR count). The zero-order chi connectivity index (χ0) is 16.0. The van der Waals surface area contributed by atoms with Gasteiger partial charge in [0, 0.05) is 13.6 Å². The van der Waals surface area contributed by atoms with Gasteiger partial charge in [-0.2, -0.15) is 0 Å². The number of carbonyl (C=O) groups is 2. The Labute approximate surface area is 125 Å². The van der Waals surface area contributed by atoms with Crippen LogP contribution in [0.3, 0.4) is 0 Å². The summed E-state index contributed by atoms with van der Waals surface area (Å²) >= 11 is 0. The molecule has 1 aromatic carbocycles. The summed E-state index contributed by atoms with van der Waals surface area (Å²) in [5, 5.41) is 5.32. The van der Waals surface area contributed by atoms with Gasteiger partial charge < -0.3 is 21.1 Å². The van der Waals surface area contributed by atoms with Gasteiger partial charge in [-0.3, -0.25) is 9.59 Å². The number of benzene rings is 1. The van der Waals surface area contributed by atoms with Crippen molar-refractivity contribution in [2.24, 2.45) is 5.41 Å². The molecule has 4 N–H and O–H groups in total. The van der Waals surface area contributed by atoms with Crippen molar-refractivity contribution in [2.75, 3.05) is 25.9 Å². The van der Waals surface area contributed by atoms with Gasteiger partial charge in [0.15, 0.2) is 5.75 Å². The van der Waals surface area contributed by atoms with Gasteiger partial charge in [0.05, 0.1) is 23.3 Å². The molecule has 0 bridgehead atoms. The van der Waals surface area contributed by atoms with Crippen molar-refractivity contribution in [3.8, 4) is 5.75 Å². The van der Waals surface area contributed by atoms with Crippen LogP contribution in [-0.2, 0) is 4.79 Å². The second-order valence-corrected chi connectivity index (χ2v) is 5.30. The Balaban J connectivity index is 2.86. The van der Waals surface area contributed by atoms with Crippen LogP contribution in [0.4, 0.5) is 5.69 Å². The molecule has 6 heteroatoms. The smallest absolute Gasteiger partial charge is 0.255 e. The highest BCUT2D eigenvalue weighted by atomic mass is 16.5. The number of para-hydroxylation sites is 1. The highest BCUT2D eigenvalue weighted by Gasteiger charge is 2.27. The van der Waals surface area contributed by atoms with Gasteiger partial charge in [-0.1, -0.05) is 6.07 Å². The number of hydrogen-bond donors (Lipinski definition) is 3. The summed E-state index contributed by atoms with van der Waals surface area (Å²) in [5.41, 5.74) is 5.91. The first-order chi connectivity index (χ1) is 9.83. The molecule has 0 aliphatic rings. The molecule has 21 heavy (non-hydrogen) atoms. The molecule has 0 aliphatic carbocycles. The number of nitrogens with two attached hydrogens (primary N) is 1. The topological polar surface area (TPSA) is 93.4 Å². The predicted octanol–water partition coefficient (Wildman–Crippen LogP) is 1.17. The molecule has 1 aromatic rings. The average molecular weight is 293 g/mol. The standard InChI is InChI=1S/C15H23N3O3/c1-5-21-12-10(7-6-8-11(12)16)13(19)18-9-15(2,3)14(20)17-4/h6-8H,5,9,16H2,1-4H3,(H,17,20)(H,18,19). The highest BCUT2D eigenvalue weighted by molar-refractivity contribution is 5.99. The van der Waals surface area contributed by atoms with E-state index in [1.165, 1.54) is 0 Å². The minimum atomic E-state index is -0.698. The Kier molecular flexibility index (Phi) is 5.58. The predicted molar refractivity (Wildman–Crippen MR) is 82.2 cm³/mol. The van der Waals surface area contributed by atoms with E-state index in [0.717, 1.165) is 0 Å². The first kappa shape index (κ1) is 16.8. The van der Waals surface area contributed by atoms with Crippen molar-refractivity contribution in [3.63, 3.8) is 0 Å². The van der Waals surface area contributed by atoms with Gasteiger partial charge in [-0.25, -0.2) is 0 Å². The summed E-state index contributed by atoms with van der Waals surface area (Å²) in [6.45, 7) is 5.97. The molecule has 0 aliphatic heterocycles. The molecule has 116 valence electrons. The van der Waals surface area contributed by atoms with E-state index >= 15 is 0 Å². The maximum Gasteiger partial charge on any atom is 0.255 e. The molecule has 0 aromatic heterocycles. The average Bonchev–Trinajstić information content (AvgIpc) is 2.46. The number of ether oxygens (including phenoxy) is 1. The summed E-state index contributed by atoms with van der Waals surface area (Å²) in [7, 11) is 1.57. The Hall–Kier alpha value is -2.24. The maximum atomic E-state index is 12.3. The number of rotatable bonds is 6. The van der Waals surface area contributed by atoms with Gasteiger partial charge >= 0.3 is 0 Å². The third-order valence-corrected chi connectivity index (χ3v) is 3.11. The van der Waals surface area contributed by atoms with Gasteiger partial charge in [-0.15, -0.1) is 0 Å². The van der Waals surface area contributed by atoms with Crippen LogP contribution in [0.5, 0.6) is 5.75 Å². The van der Waals surface area contributed by atoms with E-state index in [9.17, 15) is 9.59 Å². The lowest BCUT2D eigenvalue weighted by Gasteiger charge is -2.23. The molecular formula is C15H23N3O3. The minimum absolute atomic E-state index is 0.139. The van der Waals surface area contributed by atoms with Crippen LogP contribution in [0.1, 0.15) is 31.1 Å². The van der Waals surface area contributed by atoms with Crippen molar-refractivity contribution < 1.29 is 14.3 Å². The number of amides is 2. The molecule has 0 saturated heterocycles. The largest absolute Gasteiger partial charge is 0.491 e. The molecule has 0 spiro atoms. The van der Waals surface area contributed by atoms with Gasteiger partial charge in [0.2, 0.25) is 5.91 Å². The van der Waals surface area contributed by atoms with Crippen molar-refractivity contribution in [2.45, 2.75) is 20.8 Å². The minimum Gasteiger partial charge on any atom is -0.491 e. The van der Waals surface area contributed by atoms with Gasteiger partial charge in [0.1, 0.15) is 0 Å². The molecule has 0 unspecified atom stereocenters. The number of hydrogen-bond acceptors (Lipinski definition) is 4. The fraction of sp³-hybridized carbons (Fsp3) is 0.467. The normalized spacial score (nSPS) is 10.9. The second kappa shape index (κ2) is 6.97. The number of nitrogen functional groups attached to an aromatic ring is 1. The van der Waals surface area contributed by atoms with Crippen LogP contribution in [0.2, 0.25) is 0 Å². The Morgan fingerprint density at radius 2 is 2.00 bits per heavy atom. The molecular weight excluding hydrogens is 270 g/mol. The fourth-order valence-corrected chi connectivity index (χ4v) is 1.85. The Morgan fingerprint density at radius 1 is 1.33 bits per heavy atom. The molecule has 0 fully saturated rings. The van der Waals surface area contributed by atoms with Crippen LogP contribution < -0.4 is 21.1 Å². The summed E-state index contributed by atoms with van der Waals surface area (Å²) in [5.74, 6) is -0.0848. The highest BCUT2D eigenvalue weighted by Crippen LogP contribution is 2.26. The lowest BCUT2D eigenvalue weighted by atomic mass is 9.92. The molecule has 6 nitrogen and oxygen atoms in total. The first-order valence-corrected chi connectivity index (χ1v) is 6.85. The second-order valence-electron chi connectivity index (χ2n) is 5.30. The first-order valence-electron chi connectivity index (χ1n) is 6.85. The van der Waals surface area contributed by atoms with E-state index < -0.39 is 5.41 Å². The van der Waals surface area contributed by atoms with Crippen LogP contribution in [0.25, 0.3) is 0 Å². The van der Waals surface area contributed by atoms with E-state index in [1.807, 2.05) is 6.92 Å². The van der Waals surface area contributed by atoms with Crippen LogP contribution in [-0.4, -0.2) is 32.0 Å². The third-order valence-electron chi connectivity index (χ3n) is 3.11. The van der Waals surface area contributed by atoms with Gasteiger partial charge in [-0.05, 0) is 32.9 Å². The van der Waals surface area contributed by atoms with E-state index in [1.54, 1.807) is 39.1 Å². The van der Waals surface area contributed by atoms with Crippen molar-refractivity contribution in [1.29, 1.82) is 0 Å². The molecule has 2 amide bonds. The SMILES string of the molecule is CCOc1c(N)cccc1C(=O)NCC(C)(C)C(=O)NC. The Morgan fingerprint density at radius 3 is 2.57 bits per heavy atom. The third kappa shape index (κ3) is 4.11. The maximum absolute atomic E-state index is 12.3. The monoisotopic (exact) mass is 293 g/mol. The molecule has 0 radical (unpaired) electrons. The number of carbonyl (C=O) groups excluding carboxylic acids is 2. The number of nitrogens with one attached hydrogen (secondary N) is 2. The van der Waals surface area contributed by atoms with Crippen molar-refractivity contribution in [1.82, 2.24) is 10.6 Å². The van der Waals surface area contributed by atoms with E-state index in [4.69, 9.17) is 10.5 Å². The lowest BCUT2D eigenvalue weighted by molar-refractivity contribution is -0.128. The van der Waals surface area contributed by atoms with Crippen molar-refractivity contribution in [3.05, 3.63) is 23.8 Å². The zero-order valence-electron chi connectivity index (χ0n) is 12.9. The van der Waals surface area contributed by atoms with Crippen LogP contribution in [0.15, 0.2) is 18.2 Å². The van der Waals surface area contributed by atoms with E-state index in [0.29, 0.717) is 23.6 Å². The molecule has 0 saturated carbocycles. The zero-order valence-corrected chi connectivity index (χ0v) is 12.9. The van der Waals surface area contributed by atoms with E-state index in [-0.39, 0.29) is 18.4 Å². The lowest BCUT2D eigenvalue weighted by Crippen LogP contribution is -2.43. The summed E-state index contributed by atoms with van der Waals surface area (Å²) in [6.07, 6.45) is 0. The summed E-state index contributed by atoms with van der Waals surface area (Å²) in [6, 6.07) is 5.01. The van der Waals surface area contributed by atoms with Gasteiger partial charge in [0.25, 0.3) is 5.91 Å². The van der Waals surface area contributed by atoms with E-state index in [2.05, 4.69) is 10.6 Å². The quantitative estimate of drug-likeness (QED) is 0.686. The summed E-state index contributed by atoms with van der Waals surface area (Å²) < 4.78 is 5.42. The van der Waals surface area contributed by atoms with Crippen LogP contribution in [0, 0.1) is 5.41 Å². The summed E-state index contributed by atoms with van der Waals surface area (Å²) in [4.78, 5) is 24.0. The molecule has 0 atom stereocenters.